The second kappa shape index (κ2) is 4.64. The number of methoxy groups -OCH3 is 1. The molecule has 94 valence electrons. The molecule has 1 aromatic carbocycles. The van der Waals surface area contributed by atoms with Crippen molar-refractivity contribution in [1.29, 1.82) is 0 Å². The molecule has 1 aromatic rings. The second-order valence-electron chi connectivity index (χ2n) is 4.79. The molecule has 2 atom stereocenters. The SMILES string of the molecule is COc1ccc([C@@H](O)[C@@H]2COC(C)(C)N2)cc1. The first-order valence-corrected chi connectivity index (χ1v) is 5.75. The van der Waals surface area contributed by atoms with Gasteiger partial charge in [0, 0.05) is 0 Å². The van der Waals surface area contributed by atoms with E-state index < -0.39 is 6.10 Å². The van der Waals surface area contributed by atoms with Gasteiger partial charge in [-0.25, -0.2) is 0 Å². The maximum absolute atomic E-state index is 10.2. The van der Waals surface area contributed by atoms with E-state index in [1.807, 2.05) is 38.1 Å². The van der Waals surface area contributed by atoms with Crippen LogP contribution < -0.4 is 10.1 Å². The number of rotatable bonds is 3. The predicted molar refractivity (Wildman–Crippen MR) is 64.9 cm³/mol. The van der Waals surface area contributed by atoms with Gasteiger partial charge in [0.2, 0.25) is 0 Å². The summed E-state index contributed by atoms with van der Waals surface area (Å²) >= 11 is 0. The zero-order valence-corrected chi connectivity index (χ0v) is 10.4. The van der Waals surface area contributed by atoms with Gasteiger partial charge in [0.05, 0.1) is 25.9 Å². The third kappa shape index (κ3) is 2.77. The third-order valence-corrected chi connectivity index (χ3v) is 3.00. The molecule has 0 spiro atoms. The zero-order valence-electron chi connectivity index (χ0n) is 10.4. The molecular weight excluding hydrogens is 218 g/mol. The molecule has 1 saturated heterocycles. The van der Waals surface area contributed by atoms with E-state index in [9.17, 15) is 5.11 Å². The van der Waals surface area contributed by atoms with E-state index in [0.717, 1.165) is 11.3 Å². The van der Waals surface area contributed by atoms with Crippen LogP contribution in [-0.4, -0.2) is 30.6 Å². The normalized spacial score (nSPS) is 24.6. The fraction of sp³-hybridized carbons (Fsp3) is 0.538. The van der Waals surface area contributed by atoms with Crippen LogP contribution in [0.5, 0.6) is 5.75 Å². The van der Waals surface area contributed by atoms with Crippen LogP contribution in [-0.2, 0) is 4.74 Å². The lowest BCUT2D eigenvalue weighted by atomic mass is 10.0. The Bertz CT molecular complexity index is 375. The first-order valence-electron chi connectivity index (χ1n) is 5.75. The van der Waals surface area contributed by atoms with E-state index in [1.165, 1.54) is 0 Å². The van der Waals surface area contributed by atoms with Gasteiger partial charge in [-0.15, -0.1) is 0 Å². The zero-order chi connectivity index (χ0) is 12.5. The number of nitrogens with one attached hydrogen (secondary N) is 1. The minimum absolute atomic E-state index is 0.0709. The molecular formula is C13H19NO3. The molecule has 4 heteroatoms. The Kier molecular flexibility index (Phi) is 3.38. The Morgan fingerprint density at radius 2 is 2.06 bits per heavy atom. The minimum atomic E-state index is -0.567. The summed E-state index contributed by atoms with van der Waals surface area (Å²) in [6.45, 7) is 4.42. The third-order valence-electron chi connectivity index (χ3n) is 3.00. The van der Waals surface area contributed by atoms with E-state index in [0.29, 0.717) is 6.61 Å². The molecule has 1 heterocycles. The smallest absolute Gasteiger partial charge is 0.118 e. The molecule has 0 bridgehead atoms. The molecule has 2 N–H and O–H groups in total. The molecule has 1 aliphatic heterocycles. The fourth-order valence-electron chi connectivity index (χ4n) is 2.03. The summed E-state index contributed by atoms with van der Waals surface area (Å²) in [7, 11) is 1.63. The van der Waals surface area contributed by atoms with Gasteiger partial charge in [0.15, 0.2) is 0 Å². The summed E-state index contributed by atoms with van der Waals surface area (Å²) in [6.07, 6.45) is -0.567. The van der Waals surface area contributed by atoms with Gasteiger partial charge in [0.25, 0.3) is 0 Å². The quantitative estimate of drug-likeness (QED) is 0.835. The summed E-state index contributed by atoms with van der Waals surface area (Å²) in [5, 5.41) is 13.5. The lowest BCUT2D eigenvalue weighted by Gasteiger charge is -2.21. The van der Waals surface area contributed by atoms with Gasteiger partial charge in [-0.3, -0.25) is 5.32 Å². The van der Waals surface area contributed by atoms with E-state index in [4.69, 9.17) is 9.47 Å². The summed E-state index contributed by atoms with van der Waals surface area (Å²) in [5.41, 5.74) is 0.502. The average molecular weight is 237 g/mol. The molecule has 17 heavy (non-hydrogen) atoms. The van der Waals surface area contributed by atoms with Crippen molar-refractivity contribution in [2.45, 2.75) is 31.7 Å². The van der Waals surface area contributed by atoms with Crippen LogP contribution in [0.3, 0.4) is 0 Å². The topological polar surface area (TPSA) is 50.7 Å². The van der Waals surface area contributed by atoms with E-state index in [-0.39, 0.29) is 11.8 Å². The molecule has 0 saturated carbocycles. The first kappa shape index (κ1) is 12.4. The van der Waals surface area contributed by atoms with E-state index in [2.05, 4.69) is 5.32 Å². The minimum Gasteiger partial charge on any atom is -0.497 e. The molecule has 0 amide bonds. The van der Waals surface area contributed by atoms with Crippen LogP contribution in [0.25, 0.3) is 0 Å². The van der Waals surface area contributed by atoms with Crippen molar-refractivity contribution in [2.24, 2.45) is 0 Å². The summed E-state index contributed by atoms with van der Waals surface area (Å²) < 4.78 is 10.6. The highest BCUT2D eigenvalue weighted by atomic mass is 16.5. The lowest BCUT2D eigenvalue weighted by molar-refractivity contribution is 0.0225. The number of aliphatic hydroxyl groups is 1. The number of hydrogen-bond donors (Lipinski definition) is 2. The van der Waals surface area contributed by atoms with E-state index >= 15 is 0 Å². The summed E-state index contributed by atoms with van der Waals surface area (Å²) in [6, 6.07) is 7.37. The van der Waals surface area contributed by atoms with Crippen LogP contribution in [0.15, 0.2) is 24.3 Å². The van der Waals surface area contributed by atoms with Gasteiger partial charge in [-0.05, 0) is 31.5 Å². The van der Waals surface area contributed by atoms with Crippen LogP contribution in [0.4, 0.5) is 0 Å². The Balaban J connectivity index is 2.06. The molecule has 0 unspecified atom stereocenters. The number of ether oxygens (including phenoxy) is 2. The van der Waals surface area contributed by atoms with Crippen molar-refractivity contribution in [3.8, 4) is 5.75 Å². The molecule has 0 aromatic heterocycles. The fourth-order valence-corrected chi connectivity index (χ4v) is 2.03. The lowest BCUT2D eigenvalue weighted by Crippen LogP contribution is -2.41. The number of benzene rings is 1. The van der Waals surface area contributed by atoms with Gasteiger partial charge in [-0.1, -0.05) is 12.1 Å². The number of hydrogen-bond acceptors (Lipinski definition) is 4. The van der Waals surface area contributed by atoms with Crippen LogP contribution in [0, 0.1) is 0 Å². The largest absolute Gasteiger partial charge is 0.497 e. The van der Waals surface area contributed by atoms with Gasteiger partial charge in [-0.2, -0.15) is 0 Å². The van der Waals surface area contributed by atoms with Crippen molar-refractivity contribution in [2.75, 3.05) is 13.7 Å². The predicted octanol–water partition coefficient (Wildman–Crippen LogP) is 1.45. The van der Waals surface area contributed by atoms with Crippen LogP contribution in [0.1, 0.15) is 25.5 Å². The van der Waals surface area contributed by atoms with Crippen LogP contribution >= 0.6 is 0 Å². The van der Waals surface area contributed by atoms with Crippen LogP contribution in [0.2, 0.25) is 0 Å². The highest BCUT2D eigenvalue weighted by Crippen LogP contribution is 2.26. The van der Waals surface area contributed by atoms with Gasteiger partial charge >= 0.3 is 0 Å². The maximum atomic E-state index is 10.2. The van der Waals surface area contributed by atoms with E-state index in [1.54, 1.807) is 7.11 Å². The van der Waals surface area contributed by atoms with Gasteiger partial charge in [0.1, 0.15) is 11.5 Å². The maximum Gasteiger partial charge on any atom is 0.118 e. The van der Waals surface area contributed by atoms with Gasteiger partial charge < -0.3 is 14.6 Å². The second-order valence-corrected chi connectivity index (χ2v) is 4.79. The monoisotopic (exact) mass is 237 g/mol. The summed E-state index contributed by atoms with van der Waals surface area (Å²) in [5.74, 6) is 0.789. The van der Waals surface area contributed by atoms with Crippen molar-refractivity contribution in [3.05, 3.63) is 29.8 Å². The molecule has 2 rings (SSSR count). The Morgan fingerprint density at radius 3 is 2.53 bits per heavy atom. The Morgan fingerprint density at radius 1 is 1.41 bits per heavy atom. The highest BCUT2D eigenvalue weighted by molar-refractivity contribution is 5.29. The highest BCUT2D eigenvalue weighted by Gasteiger charge is 2.35. The van der Waals surface area contributed by atoms with Crippen molar-refractivity contribution in [1.82, 2.24) is 5.32 Å². The standard InChI is InChI=1S/C13H19NO3/c1-13(2)14-11(8-17-13)12(15)9-4-6-10(16-3)7-5-9/h4-7,11-12,14-15H,8H2,1-3H3/t11-,12+/m0/s1. The van der Waals surface area contributed by atoms with Crippen molar-refractivity contribution in [3.63, 3.8) is 0 Å². The number of aliphatic hydroxyl groups excluding tert-OH is 1. The molecule has 0 aliphatic carbocycles. The molecule has 0 radical (unpaired) electrons. The molecule has 1 fully saturated rings. The van der Waals surface area contributed by atoms with Crippen molar-refractivity contribution < 1.29 is 14.6 Å². The Hall–Kier alpha value is -1.10. The first-order chi connectivity index (χ1) is 8.02. The average Bonchev–Trinajstić information content (AvgIpc) is 2.69. The van der Waals surface area contributed by atoms with Crippen molar-refractivity contribution >= 4 is 0 Å². The Labute approximate surface area is 102 Å². The molecule has 4 nitrogen and oxygen atoms in total. The summed E-state index contributed by atoms with van der Waals surface area (Å²) in [4.78, 5) is 0. The molecule has 1 aliphatic rings.